The Bertz CT molecular complexity index is 494. The maximum absolute atomic E-state index is 13.1. The molecule has 0 radical (unpaired) electrons. The number of nitrogens with zero attached hydrogens (tertiary/aromatic N) is 1. The summed E-state index contributed by atoms with van der Waals surface area (Å²) in [5.74, 6) is -0.985. The average molecular weight is 287 g/mol. The standard InChI is InChI=1S/C13H16ClFN2O2/c1-13(2)6-9(3-4-19-13)17-12(18)10-5-8(15)7-16-11(10)14/h5,7,9H,3-4,6H2,1-2H3,(H,17,18). The van der Waals surface area contributed by atoms with Crippen molar-refractivity contribution in [1.82, 2.24) is 10.3 Å². The number of aromatic nitrogens is 1. The zero-order valence-electron chi connectivity index (χ0n) is 10.9. The van der Waals surface area contributed by atoms with Gasteiger partial charge in [0, 0.05) is 12.6 Å². The van der Waals surface area contributed by atoms with Crippen LogP contribution in [0.15, 0.2) is 12.3 Å². The largest absolute Gasteiger partial charge is 0.375 e. The summed E-state index contributed by atoms with van der Waals surface area (Å²) in [4.78, 5) is 15.7. The first-order chi connectivity index (χ1) is 8.87. The lowest BCUT2D eigenvalue weighted by Gasteiger charge is -2.35. The monoisotopic (exact) mass is 286 g/mol. The van der Waals surface area contributed by atoms with Crippen molar-refractivity contribution >= 4 is 17.5 Å². The normalized spacial score (nSPS) is 22.0. The molecule has 19 heavy (non-hydrogen) atoms. The van der Waals surface area contributed by atoms with Crippen molar-refractivity contribution in [3.8, 4) is 0 Å². The lowest BCUT2D eigenvalue weighted by molar-refractivity contribution is -0.0615. The molecule has 0 spiro atoms. The fourth-order valence-electron chi connectivity index (χ4n) is 2.20. The Kier molecular flexibility index (Phi) is 4.06. The first-order valence-electron chi connectivity index (χ1n) is 6.13. The van der Waals surface area contributed by atoms with Crippen LogP contribution in [0.25, 0.3) is 0 Å². The van der Waals surface area contributed by atoms with Gasteiger partial charge in [0.2, 0.25) is 0 Å². The lowest BCUT2D eigenvalue weighted by Crippen LogP contribution is -2.45. The molecule has 1 fully saturated rings. The third kappa shape index (κ3) is 3.64. The van der Waals surface area contributed by atoms with Gasteiger partial charge in [-0.1, -0.05) is 11.6 Å². The van der Waals surface area contributed by atoms with Gasteiger partial charge in [-0.2, -0.15) is 0 Å². The molecule has 0 saturated carbocycles. The molecule has 1 unspecified atom stereocenters. The number of pyridine rings is 1. The maximum Gasteiger partial charge on any atom is 0.254 e. The van der Waals surface area contributed by atoms with Gasteiger partial charge in [0.1, 0.15) is 11.0 Å². The van der Waals surface area contributed by atoms with Gasteiger partial charge in [-0.15, -0.1) is 0 Å². The van der Waals surface area contributed by atoms with Crippen molar-refractivity contribution in [2.75, 3.05) is 6.61 Å². The summed E-state index contributed by atoms with van der Waals surface area (Å²) in [5.41, 5.74) is -0.203. The fourth-order valence-corrected chi connectivity index (χ4v) is 2.39. The lowest BCUT2D eigenvalue weighted by atomic mass is 9.94. The predicted octanol–water partition coefficient (Wildman–Crippen LogP) is 2.56. The van der Waals surface area contributed by atoms with Crippen molar-refractivity contribution in [3.05, 3.63) is 28.8 Å². The number of halogens is 2. The van der Waals surface area contributed by atoms with E-state index in [0.717, 1.165) is 18.7 Å². The van der Waals surface area contributed by atoms with Crippen LogP contribution < -0.4 is 5.32 Å². The minimum atomic E-state index is -0.582. The Morgan fingerprint density at radius 3 is 3.05 bits per heavy atom. The van der Waals surface area contributed by atoms with E-state index in [1.807, 2.05) is 13.8 Å². The minimum absolute atomic E-state index is 0.00409. The van der Waals surface area contributed by atoms with E-state index in [-0.39, 0.29) is 22.4 Å². The highest BCUT2D eigenvalue weighted by atomic mass is 35.5. The van der Waals surface area contributed by atoms with Crippen molar-refractivity contribution in [2.45, 2.75) is 38.3 Å². The highest BCUT2D eigenvalue weighted by Crippen LogP contribution is 2.24. The fraction of sp³-hybridized carbons (Fsp3) is 0.538. The third-order valence-electron chi connectivity index (χ3n) is 3.08. The molecular formula is C13H16ClFN2O2. The number of ether oxygens (including phenoxy) is 1. The van der Waals surface area contributed by atoms with Gasteiger partial charge in [-0.05, 0) is 32.8 Å². The number of hydrogen-bond acceptors (Lipinski definition) is 3. The summed E-state index contributed by atoms with van der Waals surface area (Å²) in [6.07, 6.45) is 2.42. The van der Waals surface area contributed by atoms with E-state index in [1.54, 1.807) is 0 Å². The highest BCUT2D eigenvalue weighted by Gasteiger charge is 2.30. The van der Waals surface area contributed by atoms with Crippen molar-refractivity contribution in [1.29, 1.82) is 0 Å². The van der Waals surface area contributed by atoms with Gasteiger partial charge >= 0.3 is 0 Å². The van der Waals surface area contributed by atoms with Crippen LogP contribution in [0.2, 0.25) is 5.15 Å². The smallest absolute Gasteiger partial charge is 0.254 e. The predicted molar refractivity (Wildman–Crippen MR) is 69.7 cm³/mol. The molecule has 1 aromatic heterocycles. The zero-order valence-corrected chi connectivity index (χ0v) is 11.6. The van der Waals surface area contributed by atoms with Gasteiger partial charge in [-0.25, -0.2) is 9.37 Å². The number of nitrogens with one attached hydrogen (secondary N) is 1. The van der Waals surface area contributed by atoms with E-state index >= 15 is 0 Å². The van der Waals surface area contributed by atoms with Crippen molar-refractivity contribution in [2.24, 2.45) is 0 Å². The number of amides is 1. The molecule has 2 heterocycles. The summed E-state index contributed by atoms with van der Waals surface area (Å²) in [7, 11) is 0. The molecule has 1 aliphatic heterocycles. The van der Waals surface area contributed by atoms with E-state index in [2.05, 4.69) is 10.3 Å². The van der Waals surface area contributed by atoms with Crippen LogP contribution in [0.1, 0.15) is 37.0 Å². The molecule has 6 heteroatoms. The van der Waals surface area contributed by atoms with Gasteiger partial charge in [0.25, 0.3) is 5.91 Å². The van der Waals surface area contributed by atoms with E-state index in [9.17, 15) is 9.18 Å². The first-order valence-corrected chi connectivity index (χ1v) is 6.51. The molecule has 1 saturated heterocycles. The summed E-state index contributed by atoms with van der Waals surface area (Å²) in [6, 6.07) is 1.09. The maximum atomic E-state index is 13.1. The number of carbonyl (C=O) groups excluding carboxylic acids is 1. The zero-order chi connectivity index (χ0) is 14.0. The topological polar surface area (TPSA) is 51.2 Å². The van der Waals surface area contributed by atoms with Crippen LogP contribution in [-0.2, 0) is 4.74 Å². The Morgan fingerprint density at radius 1 is 1.63 bits per heavy atom. The second-order valence-electron chi connectivity index (χ2n) is 5.26. The summed E-state index contributed by atoms with van der Waals surface area (Å²) in [6.45, 7) is 4.54. The van der Waals surface area contributed by atoms with Crippen LogP contribution >= 0.6 is 11.6 Å². The average Bonchev–Trinajstić information content (AvgIpc) is 2.31. The van der Waals surface area contributed by atoms with Gasteiger partial charge in [0.05, 0.1) is 17.4 Å². The summed E-state index contributed by atoms with van der Waals surface area (Å²) < 4.78 is 18.7. The van der Waals surface area contributed by atoms with E-state index in [4.69, 9.17) is 16.3 Å². The van der Waals surface area contributed by atoms with Crippen LogP contribution in [-0.4, -0.2) is 29.1 Å². The molecule has 0 aliphatic carbocycles. The third-order valence-corrected chi connectivity index (χ3v) is 3.38. The Hall–Kier alpha value is -1.20. The molecule has 1 N–H and O–H groups in total. The second-order valence-corrected chi connectivity index (χ2v) is 5.62. The van der Waals surface area contributed by atoms with Crippen LogP contribution in [0.3, 0.4) is 0 Å². The molecular weight excluding hydrogens is 271 g/mol. The highest BCUT2D eigenvalue weighted by molar-refractivity contribution is 6.32. The quantitative estimate of drug-likeness (QED) is 0.850. The van der Waals surface area contributed by atoms with E-state index < -0.39 is 11.7 Å². The number of rotatable bonds is 2. The van der Waals surface area contributed by atoms with Crippen LogP contribution in [0.5, 0.6) is 0 Å². The molecule has 0 aromatic carbocycles. The Balaban J connectivity index is 2.06. The molecule has 104 valence electrons. The van der Waals surface area contributed by atoms with Gasteiger partial charge in [0.15, 0.2) is 0 Å². The van der Waals surface area contributed by atoms with Crippen LogP contribution in [0, 0.1) is 5.82 Å². The molecule has 1 amide bonds. The number of carbonyl (C=O) groups is 1. The molecule has 1 aromatic rings. The minimum Gasteiger partial charge on any atom is -0.375 e. The Labute approximate surface area is 116 Å². The SMILES string of the molecule is CC1(C)CC(NC(=O)c2cc(F)cnc2Cl)CCO1. The van der Waals surface area contributed by atoms with E-state index in [0.29, 0.717) is 13.0 Å². The second kappa shape index (κ2) is 5.43. The van der Waals surface area contributed by atoms with E-state index in [1.165, 1.54) is 0 Å². The molecule has 0 bridgehead atoms. The van der Waals surface area contributed by atoms with Crippen LogP contribution in [0.4, 0.5) is 4.39 Å². The van der Waals surface area contributed by atoms with Crippen molar-refractivity contribution < 1.29 is 13.9 Å². The molecule has 1 atom stereocenters. The molecule has 2 rings (SSSR count). The molecule has 4 nitrogen and oxygen atoms in total. The molecule has 1 aliphatic rings. The summed E-state index contributed by atoms with van der Waals surface area (Å²) >= 11 is 5.80. The Morgan fingerprint density at radius 2 is 2.37 bits per heavy atom. The van der Waals surface area contributed by atoms with Crippen molar-refractivity contribution in [3.63, 3.8) is 0 Å². The van der Waals surface area contributed by atoms with Gasteiger partial charge < -0.3 is 10.1 Å². The van der Waals surface area contributed by atoms with Gasteiger partial charge in [-0.3, -0.25) is 4.79 Å². The number of hydrogen-bond donors (Lipinski definition) is 1. The summed E-state index contributed by atoms with van der Waals surface area (Å²) in [5, 5.41) is 2.85. The first kappa shape index (κ1) is 14.2.